The van der Waals surface area contributed by atoms with E-state index in [9.17, 15) is 0 Å². The normalized spacial score (nSPS) is 17.0. The fourth-order valence-corrected chi connectivity index (χ4v) is 2.74. The van der Waals surface area contributed by atoms with E-state index in [0.29, 0.717) is 0 Å². The van der Waals surface area contributed by atoms with Crippen LogP contribution in [0.3, 0.4) is 0 Å². The minimum absolute atomic E-state index is 0.829. The topological polar surface area (TPSA) is 12.4 Å². The predicted octanol–water partition coefficient (Wildman–Crippen LogP) is 3.06. The molecular weight excluding hydrogens is 198 g/mol. The smallest absolute Gasteiger partial charge is 0.108 e. The lowest BCUT2D eigenvalue weighted by Gasteiger charge is -1.90. The van der Waals surface area contributed by atoms with E-state index in [4.69, 9.17) is 11.6 Å². The van der Waals surface area contributed by atoms with Crippen LogP contribution in [0.5, 0.6) is 0 Å². The molecule has 1 radical (unpaired) electrons. The lowest BCUT2D eigenvalue weighted by molar-refractivity contribution is 1.37. The summed E-state index contributed by atoms with van der Waals surface area (Å²) < 4.78 is 0.829. The molecule has 1 nitrogen and oxygen atoms in total. The molecule has 1 aliphatic rings. The van der Waals surface area contributed by atoms with Crippen molar-refractivity contribution in [2.45, 2.75) is 0 Å². The lowest BCUT2D eigenvalue weighted by atomic mass is 10.5. The molecule has 0 spiro atoms. The van der Waals surface area contributed by atoms with Gasteiger partial charge in [-0.1, -0.05) is 11.6 Å². The van der Waals surface area contributed by atoms with E-state index >= 15 is 0 Å². The maximum atomic E-state index is 5.78. The van der Waals surface area contributed by atoms with Gasteiger partial charge in [-0.2, -0.15) is 0 Å². The number of rotatable bonds is 1. The van der Waals surface area contributed by atoms with Crippen molar-refractivity contribution in [1.82, 2.24) is 0 Å². The minimum Gasteiger partial charge on any atom is -0.270 e. The molecule has 57 valence electrons. The van der Waals surface area contributed by atoms with Crippen LogP contribution in [0.25, 0.3) is 0 Å². The van der Waals surface area contributed by atoms with Crippen LogP contribution >= 0.6 is 34.7 Å². The molecule has 1 aliphatic heterocycles. The van der Waals surface area contributed by atoms with Crippen LogP contribution in [0, 0.1) is 6.54 Å². The summed E-state index contributed by atoms with van der Waals surface area (Å²) in [4.78, 5) is 5.40. The molecule has 0 aromatic carbocycles. The highest BCUT2D eigenvalue weighted by Gasteiger charge is 2.11. The Labute approximate surface area is 78.5 Å². The first-order valence-electron chi connectivity index (χ1n) is 3.14. The summed E-state index contributed by atoms with van der Waals surface area (Å²) in [5.74, 6) is 0.991. The molecule has 0 bridgehead atoms. The van der Waals surface area contributed by atoms with Gasteiger partial charge in [0.25, 0.3) is 0 Å². The number of thioether (sulfide) groups is 1. The van der Waals surface area contributed by atoms with Gasteiger partial charge in [0, 0.05) is 5.75 Å². The average Bonchev–Trinajstić information content (AvgIpc) is 2.55. The molecule has 11 heavy (non-hydrogen) atoms. The Hall–Kier alpha value is 0.01000. The summed E-state index contributed by atoms with van der Waals surface area (Å²) in [7, 11) is 0. The largest absolute Gasteiger partial charge is 0.270 e. The van der Waals surface area contributed by atoms with E-state index in [-0.39, 0.29) is 0 Å². The van der Waals surface area contributed by atoms with E-state index in [1.807, 2.05) is 18.7 Å². The van der Waals surface area contributed by atoms with Gasteiger partial charge in [0.05, 0.1) is 15.8 Å². The van der Waals surface area contributed by atoms with Crippen molar-refractivity contribution in [3.05, 3.63) is 27.9 Å². The monoisotopic (exact) mass is 202 g/mol. The third kappa shape index (κ3) is 1.60. The van der Waals surface area contributed by atoms with E-state index in [0.717, 1.165) is 15.1 Å². The van der Waals surface area contributed by atoms with Gasteiger partial charge in [0.2, 0.25) is 0 Å². The van der Waals surface area contributed by atoms with E-state index in [1.165, 1.54) is 4.88 Å². The summed E-state index contributed by atoms with van der Waals surface area (Å²) in [6.45, 7) is 1.92. The minimum atomic E-state index is 0.829. The van der Waals surface area contributed by atoms with Gasteiger partial charge < -0.3 is 0 Å². The summed E-state index contributed by atoms with van der Waals surface area (Å²) >= 11 is 9.12. The molecule has 0 saturated carbocycles. The van der Waals surface area contributed by atoms with Crippen molar-refractivity contribution in [2.75, 3.05) is 5.75 Å². The van der Waals surface area contributed by atoms with Crippen LogP contribution in [0.2, 0.25) is 4.34 Å². The van der Waals surface area contributed by atoms with E-state index in [1.54, 1.807) is 23.1 Å². The highest BCUT2D eigenvalue weighted by Crippen LogP contribution is 2.28. The first-order valence-corrected chi connectivity index (χ1v) is 5.32. The molecule has 0 aliphatic carbocycles. The number of nitrogens with zero attached hydrogens (tertiary/aromatic N) is 1. The number of hydrogen-bond acceptors (Lipinski definition) is 3. The van der Waals surface area contributed by atoms with Crippen molar-refractivity contribution in [3.8, 4) is 0 Å². The number of aliphatic imine (C=N–C) groups is 1. The van der Waals surface area contributed by atoms with Crippen LogP contribution in [-0.2, 0) is 0 Å². The summed E-state index contributed by atoms with van der Waals surface area (Å²) in [5, 5.41) is 1.10. The van der Waals surface area contributed by atoms with Gasteiger partial charge in [-0.3, -0.25) is 4.99 Å². The van der Waals surface area contributed by atoms with Crippen LogP contribution in [-0.4, -0.2) is 10.8 Å². The van der Waals surface area contributed by atoms with Gasteiger partial charge >= 0.3 is 0 Å². The van der Waals surface area contributed by atoms with Crippen molar-refractivity contribution >= 4 is 39.7 Å². The van der Waals surface area contributed by atoms with Crippen LogP contribution in [0.1, 0.15) is 4.88 Å². The summed E-state index contributed by atoms with van der Waals surface area (Å²) in [6, 6.07) is 3.92. The van der Waals surface area contributed by atoms with Gasteiger partial charge in [-0.25, -0.2) is 0 Å². The third-order valence-electron chi connectivity index (χ3n) is 1.29. The Morgan fingerprint density at radius 2 is 2.36 bits per heavy atom. The van der Waals surface area contributed by atoms with E-state index in [2.05, 4.69) is 4.99 Å². The van der Waals surface area contributed by atoms with Gasteiger partial charge in [0.1, 0.15) is 5.04 Å². The molecule has 1 aromatic heterocycles. The lowest BCUT2D eigenvalue weighted by Crippen LogP contribution is -1.84. The van der Waals surface area contributed by atoms with Gasteiger partial charge in [-0.05, 0) is 12.1 Å². The van der Waals surface area contributed by atoms with E-state index < -0.39 is 0 Å². The van der Waals surface area contributed by atoms with Crippen LogP contribution in [0.4, 0.5) is 0 Å². The van der Waals surface area contributed by atoms with Crippen LogP contribution < -0.4 is 0 Å². The highest BCUT2D eigenvalue weighted by molar-refractivity contribution is 8.15. The number of halogens is 1. The second-order valence-corrected chi connectivity index (χ2v) is 4.76. The predicted molar refractivity (Wildman–Crippen MR) is 52.6 cm³/mol. The molecule has 0 unspecified atom stereocenters. The Morgan fingerprint density at radius 1 is 1.45 bits per heavy atom. The fraction of sp³-hybridized carbons (Fsp3) is 0.143. The Kier molecular flexibility index (Phi) is 2.20. The highest BCUT2D eigenvalue weighted by atomic mass is 35.5. The molecule has 2 heterocycles. The zero-order chi connectivity index (χ0) is 7.68. The number of thiophene rings is 1. The van der Waals surface area contributed by atoms with Crippen molar-refractivity contribution in [1.29, 1.82) is 0 Å². The van der Waals surface area contributed by atoms with Crippen molar-refractivity contribution < 1.29 is 0 Å². The van der Waals surface area contributed by atoms with Crippen molar-refractivity contribution in [3.63, 3.8) is 0 Å². The third-order valence-corrected chi connectivity index (χ3v) is 3.57. The van der Waals surface area contributed by atoms with Crippen LogP contribution in [0.15, 0.2) is 17.1 Å². The second-order valence-electron chi connectivity index (χ2n) is 2.03. The molecule has 0 saturated heterocycles. The molecule has 0 atom stereocenters. The first-order chi connectivity index (χ1) is 5.36. The second kappa shape index (κ2) is 3.17. The molecule has 0 N–H and O–H groups in total. The Bertz CT molecular complexity index is 292. The van der Waals surface area contributed by atoms with Crippen molar-refractivity contribution in [2.24, 2.45) is 4.99 Å². The molecule has 0 fully saturated rings. The molecule has 2 rings (SSSR count). The molecule has 1 aromatic rings. The molecular formula is C7H5ClNS2. The average molecular weight is 203 g/mol. The number of hydrogen-bond donors (Lipinski definition) is 0. The molecule has 0 amide bonds. The quantitative estimate of drug-likeness (QED) is 0.682. The molecule has 4 heteroatoms. The zero-order valence-corrected chi connectivity index (χ0v) is 7.97. The summed E-state index contributed by atoms with van der Waals surface area (Å²) in [6.07, 6.45) is 0. The Balaban J connectivity index is 2.28. The summed E-state index contributed by atoms with van der Waals surface area (Å²) in [5.41, 5.74) is 0. The SMILES string of the molecule is Clc1ccc(C2=N[CH]CS2)s1. The standard InChI is InChI=1S/C7H5ClNS2/c8-6-2-1-5(11-6)7-9-3-4-10-7/h1-3H,4H2. The Morgan fingerprint density at radius 3 is 2.91 bits per heavy atom. The maximum absolute atomic E-state index is 5.78. The van der Waals surface area contributed by atoms with Gasteiger partial charge in [-0.15, -0.1) is 23.1 Å². The maximum Gasteiger partial charge on any atom is 0.108 e. The fourth-order valence-electron chi connectivity index (χ4n) is 0.838. The van der Waals surface area contributed by atoms with Gasteiger partial charge in [0.15, 0.2) is 0 Å². The zero-order valence-electron chi connectivity index (χ0n) is 5.58. The first kappa shape index (κ1) is 7.65.